The first kappa shape index (κ1) is 23.2. The summed E-state index contributed by atoms with van der Waals surface area (Å²) in [6.07, 6.45) is 11.5. The zero-order valence-electron chi connectivity index (χ0n) is 20.1. The molecule has 35 heavy (non-hydrogen) atoms. The lowest BCUT2D eigenvalue weighted by Gasteiger charge is -2.41. The Bertz CT molecular complexity index is 1300. The zero-order chi connectivity index (χ0) is 24.6. The fourth-order valence-corrected chi connectivity index (χ4v) is 5.02. The van der Waals surface area contributed by atoms with Crippen molar-refractivity contribution in [2.75, 3.05) is 11.9 Å². The average molecular weight is 476 g/mol. The number of nitrogens with one attached hydrogen (secondary N) is 2. The lowest BCUT2D eigenvalue weighted by Crippen LogP contribution is -2.48. The number of halogens is 1. The van der Waals surface area contributed by atoms with Gasteiger partial charge in [0.25, 0.3) is 5.91 Å². The summed E-state index contributed by atoms with van der Waals surface area (Å²) >= 11 is 0. The van der Waals surface area contributed by atoms with Crippen LogP contribution in [-0.2, 0) is 4.79 Å². The van der Waals surface area contributed by atoms with Crippen molar-refractivity contribution >= 4 is 34.6 Å². The summed E-state index contributed by atoms with van der Waals surface area (Å²) in [4.78, 5) is 38.4. The van der Waals surface area contributed by atoms with Crippen molar-refractivity contribution in [3.05, 3.63) is 59.8 Å². The fourth-order valence-electron chi connectivity index (χ4n) is 5.02. The van der Waals surface area contributed by atoms with Crippen LogP contribution in [0.4, 0.5) is 10.2 Å². The maximum atomic E-state index is 14.4. The van der Waals surface area contributed by atoms with Gasteiger partial charge < -0.3 is 20.0 Å². The third-order valence-electron chi connectivity index (χ3n) is 7.37. The Balaban J connectivity index is 1.50. The average Bonchev–Trinajstić information content (AvgIpc) is 3.52. The van der Waals surface area contributed by atoms with Gasteiger partial charge >= 0.3 is 0 Å². The van der Waals surface area contributed by atoms with E-state index in [0.29, 0.717) is 19.4 Å². The SMILES string of the molecule is CCC1C=C(c2cc(NCC3(C=O)CC3)nc3[nH]ccc23)CC(CC)N1C(=O)c1ccncc1F. The number of aldehydes is 1. The van der Waals surface area contributed by atoms with Gasteiger partial charge in [-0.2, -0.15) is 0 Å². The molecule has 182 valence electrons. The molecule has 2 N–H and O–H groups in total. The van der Waals surface area contributed by atoms with Crippen molar-refractivity contribution in [2.45, 2.75) is 58.0 Å². The lowest BCUT2D eigenvalue weighted by molar-refractivity contribution is -0.111. The minimum atomic E-state index is -0.598. The molecule has 2 unspecified atom stereocenters. The highest BCUT2D eigenvalue weighted by Crippen LogP contribution is 2.43. The Labute approximate surface area is 203 Å². The molecule has 1 aliphatic carbocycles. The number of anilines is 1. The van der Waals surface area contributed by atoms with Crippen LogP contribution in [0.1, 0.15) is 61.9 Å². The largest absolute Gasteiger partial charge is 0.369 e. The topological polar surface area (TPSA) is 91.0 Å². The summed E-state index contributed by atoms with van der Waals surface area (Å²) in [5, 5.41) is 4.38. The van der Waals surface area contributed by atoms with Crippen LogP contribution in [0.5, 0.6) is 0 Å². The molecule has 1 aliphatic heterocycles. The molecule has 0 bridgehead atoms. The van der Waals surface area contributed by atoms with Crippen LogP contribution in [0.25, 0.3) is 16.6 Å². The Morgan fingerprint density at radius 3 is 2.83 bits per heavy atom. The van der Waals surface area contributed by atoms with E-state index in [2.05, 4.69) is 28.3 Å². The normalized spacial score (nSPS) is 21.0. The number of hydrogen-bond acceptors (Lipinski definition) is 5. The van der Waals surface area contributed by atoms with Crippen LogP contribution in [0.2, 0.25) is 0 Å². The van der Waals surface area contributed by atoms with Crippen LogP contribution in [0.3, 0.4) is 0 Å². The van der Waals surface area contributed by atoms with Crippen molar-refractivity contribution in [2.24, 2.45) is 5.41 Å². The summed E-state index contributed by atoms with van der Waals surface area (Å²) in [6.45, 7) is 4.67. The van der Waals surface area contributed by atoms with Gasteiger partial charge in [0.15, 0.2) is 5.82 Å². The van der Waals surface area contributed by atoms with Gasteiger partial charge in [0.2, 0.25) is 0 Å². The maximum absolute atomic E-state index is 14.4. The molecule has 0 saturated heterocycles. The number of H-pyrrole nitrogens is 1. The number of carbonyl (C=O) groups is 2. The van der Waals surface area contributed by atoms with E-state index in [9.17, 15) is 14.0 Å². The van der Waals surface area contributed by atoms with E-state index in [1.54, 1.807) is 0 Å². The molecule has 0 radical (unpaired) electrons. The van der Waals surface area contributed by atoms with Crippen molar-refractivity contribution in [1.82, 2.24) is 19.9 Å². The number of aromatic amines is 1. The molecule has 5 rings (SSSR count). The Kier molecular flexibility index (Phi) is 6.13. The monoisotopic (exact) mass is 475 g/mol. The third-order valence-corrected chi connectivity index (χ3v) is 7.37. The number of pyridine rings is 2. The van der Waals surface area contributed by atoms with Gasteiger partial charge in [0.1, 0.15) is 17.8 Å². The molecule has 0 aromatic carbocycles. The zero-order valence-corrected chi connectivity index (χ0v) is 20.1. The van der Waals surface area contributed by atoms with E-state index in [4.69, 9.17) is 4.98 Å². The first-order valence-electron chi connectivity index (χ1n) is 12.3. The standard InChI is InChI=1S/C27H30FN5O2/c1-3-18-11-17(12-19(4-2)33(18)26(35)21-5-9-29-14-23(21)28)22-13-24(31-15-27(16-34)7-8-27)32-25-20(22)6-10-30-25/h5-6,9-11,13-14,16,18-19H,3-4,7-8,12,15H2,1-2H3,(H2,30,31,32). The van der Waals surface area contributed by atoms with E-state index in [0.717, 1.165) is 59.7 Å². The molecule has 4 heterocycles. The summed E-state index contributed by atoms with van der Waals surface area (Å²) in [7, 11) is 0. The molecule has 8 heteroatoms. The molecule has 0 spiro atoms. The Morgan fingerprint density at radius 2 is 2.14 bits per heavy atom. The van der Waals surface area contributed by atoms with Crippen LogP contribution >= 0.6 is 0 Å². The smallest absolute Gasteiger partial charge is 0.257 e. The van der Waals surface area contributed by atoms with Crippen LogP contribution < -0.4 is 5.32 Å². The van der Waals surface area contributed by atoms with Crippen LogP contribution in [0.15, 0.2) is 42.9 Å². The van der Waals surface area contributed by atoms with Crippen molar-refractivity contribution < 1.29 is 14.0 Å². The minimum absolute atomic E-state index is 0.0568. The summed E-state index contributed by atoms with van der Waals surface area (Å²) in [5.74, 6) is -0.173. The number of fused-ring (bicyclic) bond motifs is 1. The van der Waals surface area contributed by atoms with Gasteiger partial charge in [-0.3, -0.25) is 9.78 Å². The molecule has 1 saturated carbocycles. The van der Waals surface area contributed by atoms with Gasteiger partial charge in [-0.1, -0.05) is 19.9 Å². The first-order chi connectivity index (χ1) is 17.0. The predicted molar refractivity (Wildman–Crippen MR) is 133 cm³/mol. The number of rotatable bonds is 8. The molecule has 3 aromatic rings. The molecule has 3 aromatic heterocycles. The summed E-state index contributed by atoms with van der Waals surface area (Å²) < 4.78 is 14.4. The predicted octanol–water partition coefficient (Wildman–Crippen LogP) is 4.97. The molecule has 1 amide bonds. The molecular weight excluding hydrogens is 445 g/mol. The van der Waals surface area contributed by atoms with Crippen molar-refractivity contribution in [1.29, 1.82) is 0 Å². The third kappa shape index (κ3) is 4.33. The molecular formula is C27H30FN5O2. The highest BCUT2D eigenvalue weighted by Gasteiger charge is 2.42. The quantitative estimate of drug-likeness (QED) is 0.449. The van der Waals surface area contributed by atoms with E-state index in [1.165, 1.54) is 12.3 Å². The first-order valence-corrected chi connectivity index (χ1v) is 12.3. The van der Waals surface area contributed by atoms with E-state index < -0.39 is 5.82 Å². The van der Waals surface area contributed by atoms with Crippen LogP contribution in [0, 0.1) is 11.2 Å². The summed E-state index contributed by atoms with van der Waals surface area (Å²) in [6, 6.07) is 5.28. The van der Waals surface area contributed by atoms with E-state index in [1.807, 2.05) is 30.2 Å². The van der Waals surface area contributed by atoms with E-state index in [-0.39, 0.29) is 29.0 Å². The highest BCUT2D eigenvalue weighted by atomic mass is 19.1. The molecule has 7 nitrogen and oxygen atoms in total. The number of nitrogens with zero attached hydrogens (tertiary/aromatic N) is 3. The second kappa shape index (κ2) is 9.24. The Morgan fingerprint density at radius 1 is 1.31 bits per heavy atom. The second-order valence-corrected chi connectivity index (χ2v) is 9.63. The second-order valence-electron chi connectivity index (χ2n) is 9.63. The van der Waals surface area contributed by atoms with Gasteiger partial charge in [0.05, 0.1) is 17.8 Å². The van der Waals surface area contributed by atoms with Gasteiger partial charge in [-0.25, -0.2) is 9.37 Å². The number of amides is 1. The fraction of sp³-hybridized carbons (Fsp3) is 0.407. The van der Waals surface area contributed by atoms with Gasteiger partial charge in [0, 0.05) is 35.8 Å². The van der Waals surface area contributed by atoms with Crippen molar-refractivity contribution in [3.63, 3.8) is 0 Å². The summed E-state index contributed by atoms with van der Waals surface area (Å²) in [5.41, 5.74) is 2.78. The number of hydrogen-bond donors (Lipinski definition) is 2. The number of aromatic nitrogens is 3. The highest BCUT2D eigenvalue weighted by molar-refractivity contribution is 5.97. The van der Waals surface area contributed by atoms with Gasteiger partial charge in [-0.15, -0.1) is 0 Å². The minimum Gasteiger partial charge on any atom is -0.369 e. The molecule has 2 atom stereocenters. The molecule has 2 aliphatic rings. The lowest BCUT2D eigenvalue weighted by atomic mass is 9.87. The maximum Gasteiger partial charge on any atom is 0.257 e. The van der Waals surface area contributed by atoms with Gasteiger partial charge in [-0.05, 0) is 61.4 Å². The van der Waals surface area contributed by atoms with E-state index >= 15 is 0 Å². The number of carbonyl (C=O) groups excluding carboxylic acids is 2. The molecule has 1 fully saturated rings. The Hall–Kier alpha value is -3.55. The van der Waals surface area contributed by atoms with Crippen molar-refractivity contribution in [3.8, 4) is 0 Å². The van der Waals surface area contributed by atoms with Crippen LogP contribution in [-0.4, -0.2) is 50.7 Å².